The summed E-state index contributed by atoms with van der Waals surface area (Å²) >= 11 is 13.4. The van der Waals surface area contributed by atoms with Gasteiger partial charge in [0.25, 0.3) is 5.91 Å². The van der Waals surface area contributed by atoms with Crippen LogP contribution >= 0.6 is 34.5 Å². The molecule has 1 aliphatic heterocycles. The number of rotatable bonds is 5. The topological polar surface area (TPSA) is 103 Å². The first kappa shape index (κ1) is 27.4. The molecule has 0 bridgehead atoms. The van der Waals surface area contributed by atoms with Gasteiger partial charge in [0.1, 0.15) is 22.0 Å². The molecule has 1 aromatic carbocycles. The van der Waals surface area contributed by atoms with Gasteiger partial charge < -0.3 is 20.1 Å². The second-order valence-corrected chi connectivity index (χ2v) is 10.7. The van der Waals surface area contributed by atoms with Crippen molar-refractivity contribution < 1.29 is 28.2 Å². The molecule has 35 heavy (non-hydrogen) atoms. The first-order valence-electron chi connectivity index (χ1n) is 10.7. The summed E-state index contributed by atoms with van der Waals surface area (Å²) in [5, 5.41) is 17.8. The standard InChI is InChI=1S/C22H26Cl2F2N4O4S/c1-22(2,3)14-10-11(19(32)30-8-6-15(31)27-7-9-30)18(35-14)29-21(33)28-12-4-5-13(34-20(25)26)17(24)16(12)23/h4-5,10,15,20,27,31H,6-9H2,1-3H3,(H2,28,29,33). The number of halogens is 4. The Morgan fingerprint density at radius 3 is 2.60 bits per heavy atom. The maximum atomic E-state index is 13.3. The zero-order valence-corrected chi connectivity index (χ0v) is 21.6. The summed E-state index contributed by atoms with van der Waals surface area (Å²) < 4.78 is 29.3. The Kier molecular flexibility index (Phi) is 8.81. The van der Waals surface area contributed by atoms with Gasteiger partial charge in [-0.2, -0.15) is 8.78 Å². The summed E-state index contributed by atoms with van der Waals surface area (Å²) in [4.78, 5) is 28.6. The zero-order valence-electron chi connectivity index (χ0n) is 19.3. The van der Waals surface area contributed by atoms with Crippen molar-refractivity contribution in [2.75, 3.05) is 30.3 Å². The van der Waals surface area contributed by atoms with E-state index in [2.05, 4.69) is 20.7 Å². The average Bonchev–Trinajstić information content (AvgIpc) is 3.07. The van der Waals surface area contributed by atoms with E-state index in [1.807, 2.05) is 20.8 Å². The molecule has 2 heterocycles. The Bertz CT molecular complexity index is 1090. The number of nitrogens with one attached hydrogen (secondary N) is 3. The lowest BCUT2D eigenvalue weighted by atomic mass is 9.94. The van der Waals surface area contributed by atoms with Crippen molar-refractivity contribution in [1.29, 1.82) is 0 Å². The van der Waals surface area contributed by atoms with Crippen molar-refractivity contribution in [2.24, 2.45) is 0 Å². The lowest BCUT2D eigenvalue weighted by Crippen LogP contribution is -2.34. The number of anilines is 2. The molecule has 8 nitrogen and oxygen atoms in total. The lowest BCUT2D eigenvalue weighted by molar-refractivity contribution is -0.0497. The van der Waals surface area contributed by atoms with E-state index in [1.54, 1.807) is 11.0 Å². The van der Waals surface area contributed by atoms with Crippen molar-refractivity contribution in [3.63, 3.8) is 0 Å². The number of ether oxygens (including phenoxy) is 1. The molecule has 4 N–H and O–H groups in total. The van der Waals surface area contributed by atoms with Crippen LogP contribution in [0.1, 0.15) is 42.4 Å². The van der Waals surface area contributed by atoms with E-state index in [1.165, 1.54) is 17.4 Å². The summed E-state index contributed by atoms with van der Waals surface area (Å²) in [6, 6.07) is 3.50. The van der Waals surface area contributed by atoms with Gasteiger partial charge >= 0.3 is 12.6 Å². The number of carbonyl (C=O) groups is 2. The second-order valence-electron chi connectivity index (χ2n) is 8.85. The van der Waals surface area contributed by atoms with Crippen molar-refractivity contribution in [1.82, 2.24) is 10.2 Å². The fraction of sp³-hybridized carbons (Fsp3) is 0.455. The fourth-order valence-electron chi connectivity index (χ4n) is 3.32. The average molecular weight is 551 g/mol. The monoisotopic (exact) mass is 550 g/mol. The van der Waals surface area contributed by atoms with Crippen molar-refractivity contribution in [3.05, 3.63) is 38.7 Å². The van der Waals surface area contributed by atoms with Crippen LogP contribution < -0.4 is 20.7 Å². The predicted molar refractivity (Wildman–Crippen MR) is 133 cm³/mol. The predicted octanol–water partition coefficient (Wildman–Crippen LogP) is 5.35. The molecule has 1 atom stereocenters. The van der Waals surface area contributed by atoms with Crippen LogP contribution in [0.4, 0.5) is 24.3 Å². The molecule has 0 saturated carbocycles. The van der Waals surface area contributed by atoms with Gasteiger partial charge in [-0.25, -0.2) is 4.79 Å². The summed E-state index contributed by atoms with van der Waals surface area (Å²) in [7, 11) is 0. The van der Waals surface area contributed by atoms with E-state index < -0.39 is 18.9 Å². The summed E-state index contributed by atoms with van der Waals surface area (Å²) in [6.07, 6.45) is -0.298. The van der Waals surface area contributed by atoms with Crippen LogP contribution in [-0.4, -0.2) is 54.4 Å². The van der Waals surface area contributed by atoms with Crippen LogP contribution in [0, 0.1) is 0 Å². The highest BCUT2D eigenvalue weighted by Gasteiger charge is 2.28. The number of alkyl halides is 2. The third kappa shape index (κ3) is 6.95. The Morgan fingerprint density at radius 2 is 1.94 bits per heavy atom. The minimum Gasteiger partial charge on any atom is -0.433 e. The number of hydrogen-bond donors (Lipinski definition) is 4. The molecule has 0 aliphatic carbocycles. The van der Waals surface area contributed by atoms with Gasteiger partial charge in [-0.05, 0) is 23.6 Å². The first-order chi connectivity index (χ1) is 16.4. The van der Waals surface area contributed by atoms with Crippen molar-refractivity contribution in [2.45, 2.75) is 45.4 Å². The van der Waals surface area contributed by atoms with Gasteiger partial charge in [0.05, 0.1) is 16.3 Å². The van der Waals surface area contributed by atoms with Gasteiger partial charge in [0, 0.05) is 30.9 Å². The highest BCUT2D eigenvalue weighted by atomic mass is 35.5. The molecular formula is C22H26Cl2F2N4O4S. The van der Waals surface area contributed by atoms with E-state index in [4.69, 9.17) is 23.2 Å². The number of thiophene rings is 1. The quantitative estimate of drug-likeness (QED) is 0.401. The molecule has 1 aliphatic rings. The molecule has 1 fully saturated rings. The number of amides is 3. The fourth-order valence-corrected chi connectivity index (χ4v) is 4.83. The Hall–Kier alpha value is -2.18. The van der Waals surface area contributed by atoms with Crippen LogP contribution in [0.3, 0.4) is 0 Å². The normalized spacial score (nSPS) is 16.7. The van der Waals surface area contributed by atoms with Gasteiger partial charge in [-0.1, -0.05) is 44.0 Å². The Labute approximate surface area is 215 Å². The maximum Gasteiger partial charge on any atom is 0.387 e. The number of benzene rings is 1. The number of aliphatic hydroxyl groups excluding tert-OH is 1. The lowest BCUT2D eigenvalue weighted by Gasteiger charge is -2.20. The molecule has 0 radical (unpaired) electrons. The van der Waals surface area contributed by atoms with E-state index in [0.717, 1.165) is 10.9 Å². The highest BCUT2D eigenvalue weighted by molar-refractivity contribution is 7.16. The SMILES string of the molecule is CC(C)(C)c1cc(C(=O)N2CCNC(O)CC2)c(NC(=O)Nc2ccc(OC(F)F)c(Cl)c2Cl)s1. The third-order valence-electron chi connectivity index (χ3n) is 5.16. The molecule has 1 aromatic heterocycles. The van der Waals surface area contributed by atoms with Gasteiger partial charge in [0.2, 0.25) is 0 Å². The van der Waals surface area contributed by atoms with E-state index in [9.17, 15) is 23.5 Å². The largest absolute Gasteiger partial charge is 0.433 e. The summed E-state index contributed by atoms with van der Waals surface area (Å²) in [5.41, 5.74) is 0.129. The molecule has 13 heteroatoms. The molecule has 1 saturated heterocycles. The van der Waals surface area contributed by atoms with Gasteiger partial charge in [-0.15, -0.1) is 11.3 Å². The molecule has 3 amide bonds. The molecule has 1 unspecified atom stereocenters. The van der Waals surface area contributed by atoms with Gasteiger partial charge in [0.15, 0.2) is 0 Å². The molecular weight excluding hydrogens is 525 g/mol. The van der Waals surface area contributed by atoms with Crippen LogP contribution in [0.25, 0.3) is 0 Å². The van der Waals surface area contributed by atoms with Crippen LogP contribution in [0.5, 0.6) is 5.75 Å². The summed E-state index contributed by atoms with van der Waals surface area (Å²) in [5.74, 6) is -0.590. The molecule has 2 aromatic rings. The first-order valence-corrected chi connectivity index (χ1v) is 12.3. The zero-order chi connectivity index (χ0) is 25.9. The smallest absolute Gasteiger partial charge is 0.387 e. The minimum atomic E-state index is -3.08. The minimum absolute atomic E-state index is 0.0730. The number of carbonyl (C=O) groups excluding carboxylic acids is 2. The van der Waals surface area contributed by atoms with Crippen molar-refractivity contribution >= 4 is 57.2 Å². The van der Waals surface area contributed by atoms with Crippen LogP contribution in [0.15, 0.2) is 18.2 Å². The third-order valence-corrected chi connectivity index (χ3v) is 7.50. The number of aliphatic hydroxyl groups is 1. The van der Waals surface area contributed by atoms with Crippen molar-refractivity contribution in [3.8, 4) is 5.75 Å². The number of nitrogens with zero attached hydrogens (tertiary/aromatic N) is 1. The van der Waals surface area contributed by atoms with E-state index in [0.29, 0.717) is 36.6 Å². The van der Waals surface area contributed by atoms with E-state index in [-0.39, 0.29) is 32.8 Å². The summed E-state index contributed by atoms with van der Waals surface area (Å²) in [6.45, 7) is 4.11. The molecule has 0 spiro atoms. The molecule has 192 valence electrons. The highest BCUT2D eigenvalue weighted by Crippen LogP contribution is 2.39. The van der Waals surface area contributed by atoms with Crippen LogP contribution in [-0.2, 0) is 5.41 Å². The Balaban J connectivity index is 1.82. The molecule has 3 rings (SSSR count). The van der Waals surface area contributed by atoms with Gasteiger partial charge in [-0.3, -0.25) is 15.4 Å². The second kappa shape index (κ2) is 11.3. The number of urea groups is 1. The van der Waals surface area contributed by atoms with E-state index >= 15 is 0 Å². The van der Waals surface area contributed by atoms with Crippen LogP contribution in [0.2, 0.25) is 10.0 Å². The Morgan fingerprint density at radius 1 is 1.23 bits per heavy atom. The number of hydrogen-bond acceptors (Lipinski definition) is 6. The maximum absolute atomic E-state index is 13.3.